The molecule has 0 aliphatic carbocycles. The number of phenolic OH excluding ortho intramolecular Hbond substituents is 1. The first-order chi connectivity index (χ1) is 26.8. The standard InChI is InChI=1S/C40H61N5O11/c1-5-6-7-8-9-10-11-12-13-24-34(27(2)36(48)41-31-21-16-18-25-44(52)39(31)50)55-40(51)32(22-17-19-26-45(53)56-29(4)46)42-37(49)35-28(3)54-38(43-35)30-20-14-15-23-33(30)47/h14-15,20,23,27,31-32,34,47,52-53H,5-13,16-19,21-22,24-26H2,1-4H3,(H,41,48)(H,42,49)/t27-,31-,32+,34+/m1/s1. The van der Waals surface area contributed by atoms with Crippen LogP contribution >= 0.6 is 0 Å². The van der Waals surface area contributed by atoms with E-state index in [9.17, 15) is 39.5 Å². The molecule has 0 bridgehead atoms. The van der Waals surface area contributed by atoms with Crippen LogP contribution in [0, 0.1) is 12.8 Å². The number of benzene rings is 1. The predicted molar refractivity (Wildman–Crippen MR) is 204 cm³/mol. The number of carbonyl (C=O) groups is 5. The number of aromatic hydroxyl groups is 1. The Morgan fingerprint density at radius 1 is 1.00 bits per heavy atom. The van der Waals surface area contributed by atoms with E-state index in [-0.39, 0.29) is 61.0 Å². The highest BCUT2D eigenvalue weighted by molar-refractivity contribution is 5.96. The van der Waals surface area contributed by atoms with Crippen LogP contribution in [0.4, 0.5) is 0 Å². The van der Waals surface area contributed by atoms with Gasteiger partial charge in [-0.1, -0.05) is 77.3 Å². The van der Waals surface area contributed by atoms with E-state index in [1.165, 1.54) is 38.7 Å². The van der Waals surface area contributed by atoms with Gasteiger partial charge in [0.25, 0.3) is 11.8 Å². The molecular weight excluding hydrogens is 726 g/mol. The first-order valence-electron chi connectivity index (χ1n) is 20.0. The molecule has 3 rings (SSSR count). The molecule has 0 unspecified atom stereocenters. The number of nitrogens with one attached hydrogen (secondary N) is 2. The van der Waals surface area contributed by atoms with Gasteiger partial charge in [-0.3, -0.25) is 29.6 Å². The van der Waals surface area contributed by atoms with Gasteiger partial charge in [-0.25, -0.2) is 14.8 Å². The van der Waals surface area contributed by atoms with Crippen LogP contribution in [0.2, 0.25) is 0 Å². The molecule has 3 amide bonds. The van der Waals surface area contributed by atoms with E-state index in [0.29, 0.717) is 42.4 Å². The van der Waals surface area contributed by atoms with Gasteiger partial charge in [-0.05, 0) is 75.6 Å². The fraction of sp³-hybridized carbons (Fsp3) is 0.650. The quantitative estimate of drug-likeness (QED) is 0.0349. The minimum Gasteiger partial charge on any atom is -0.507 e. The molecule has 1 aromatic heterocycles. The van der Waals surface area contributed by atoms with E-state index in [4.69, 9.17) is 9.15 Å². The number of carbonyl (C=O) groups excluding carboxylic acids is 5. The van der Waals surface area contributed by atoms with Crippen LogP contribution in [-0.4, -0.2) is 91.7 Å². The Balaban J connectivity index is 1.78. The summed E-state index contributed by atoms with van der Waals surface area (Å²) >= 11 is 0. The zero-order valence-electron chi connectivity index (χ0n) is 33.3. The normalized spacial score (nSPS) is 16.2. The molecule has 1 saturated heterocycles. The number of esters is 1. The van der Waals surface area contributed by atoms with Gasteiger partial charge < -0.3 is 29.7 Å². The largest absolute Gasteiger partial charge is 0.507 e. The number of hydroxylamine groups is 4. The van der Waals surface area contributed by atoms with Gasteiger partial charge in [0, 0.05) is 13.5 Å². The SMILES string of the molecule is CCCCCCCCCCC[C@H](OC(=O)[C@H](CCCCN(O)OC(C)=O)NC(=O)c1nc(-c2ccccc2O)oc1C)[C@@H](C)C(=O)N[C@@H]1CCCCN(O)C1=O. The number of ether oxygens (including phenoxy) is 1. The van der Waals surface area contributed by atoms with E-state index in [0.717, 1.165) is 32.6 Å². The van der Waals surface area contributed by atoms with Crippen molar-refractivity contribution in [3.05, 3.63) is 35.7 Å². The van der Waals surface area contributed by atoms with Crippen LogP contribution < -0.4 is 10.6 Å². The van der Waals surface area contributed by atoms with Crippen molar-refractivity contribution in [2.45, 2.75) is 149 Å². The molecule has 2 aromatic rings. The van der Waals surface area contributed by atoms with Crippen LogP contribution in [0.25, 0.3) is 11.5 Å². The number of hydrogen-bond acceptors (Lipinski definition) is 13. The van der Waals surface area contributed by atoms with Gasteiger partial charge in [0.1, 0.15) is 29.7 Å². The Labute approximate surface area is 329 Å². The summed E-state index contributed by atoms with van der Waals surface area (Å²) in [7, 11) is 0. The number of phenols is 1. The van der Waals surface area contributed by atoms with Gasteiger partial charge in [0.05, 0.1) is 18.0 Å². The maximum atomic E-state index is 14.0. The summed E-state index contributed by atoms with van der Waals surface area (Å²) < 4.78 is 11.7. The Bertz CT molecular complexity index is 1570. The topological polar surface area (TPSA) is 221 Å². The summed E-state index contributed by atoms with van der Waals surface area (Å²) in [5.74, 6) is -4.15. The third-order valence-corrected chi connectivity index (χ3v) is 9.87. The maximum Gasteiger partial charge on any atom is 0.328 e. The molecule has 1 aliphatic heterocycles. The number of para-hydroxylation sites is 1. The maximum absolute atomic E-state index is 14.0. The van der Waals surface area contributed by atoms with Crippen molar-refractivity contribution in [3.63, 3.8) is 0 Å². The van der Waals surface area contributed by atoms with Gasteiger partial charge in [0.15, 0.2) is 5.69 Å². The second-order valence-corrected chi connectivity index (χ2v) is 14.5. The predicted octanol–water partition coefficient (Wildman–Crippen LogP) is 6.15. The molecule has 0 saturated carbocycles. The lowest BCUT2D eigenvalue weighted by atomic mass is 9.96. The van der Waals surface area contributed by atoms with Gasteiger partial charge in [-0.15, -0.1) is 0 Å². The molecule has 16 heteroatoms. The average molecular weight is 788 g/mol. The summed E-state index contributed by atoms with van der Waals surface area (Å²) in [5.41, 5.74) is 0.165. The number of aryl methyl sites for hydroxylation is 1. The van der Waals surface area contributed by atoms with Crippen molar-refractivity contribution in [2.75, 3.05) is 13.1 Å². The van der Waals surface area contributed by atoms with E-state index in [2.05, 4.69) is 27.4 Å². The van der Waals surface area contributed by atoms with Crippen molar-refractivity contribution in [3.8, 4) is 17.2 Å². The minimum absolute atomic E-state index is 0.00992. The molecule has 1 aliphatic rings. The summed E-state index contributed by atoms with van der Waals surface area (Å²) in [5, 5.41) is 36.7. The van der Waals surface area contributed by atoms with Crippen molar-refractivity contribution < 1.29 is 53.5 Å². The zero-order valence-corrected chi connectivity index (χ0v) is 33.3. The van der Waals surface area contributed by atoms with Gasteiger partial charge >= 0.3 is 11.9 Å². The molecule has 312 valence electrons. The summed E-state index contributed by atoms with van der Waals surface area (Å²) in [6.07, 6.45) is 11.2. The van der Waals surface area contributed by atoms with Crippen molar-refractivity contribution in [1.82, 2.24) is 25.9 Å². The summed E-state index contributed by atoms with van der Waals surface area (Å²) in [4.78, 5) is 74.1. The molecule has 4 atom stereocenters. The number of unbranched alkanes of at least 4 members (excludes halogenated alkanes) is 9. The number of hydrogen-bond donors (Lipinski definition) is 5. The molecule has 16 nitrogen and oxygen atoms in total. The molecule has 1 fully saturated rings. The number of rotatable bonds is 24. The van der Waals surface area contributed by atoms with Crippen LogP contribution in [-0.2, 0) is 28.8 Å². The fourth-order valence-corrected chi connectivity index (χ4v) is 6.57. The molecular formula is C40H61N5O11. The van der Waals surface area contributed by atoms with E-state index in [1.54, 1.807) is 25.1 Å². The molecule has 1 aromatic carbocycles. The molecule has 0 spiro atoms. The lowest BCUT2D eigenvalue weighted by Gasteiger charge is -2.28. The number of aromatic nitrogens is 1. The molecule has 2 heterocycles. The second kappa shape index (κ2) is 24.2. The highest BCUT2D eigenvalue weighted by Gasteiger charge is 2.35. The Kier molecular flexibility index (Phi) is 19.8. The van der Waals surface area contributed by atoms with Crippen molar-refractivity contribution >= 4 is 29.7 Å². The Hall–Kier alpha value is -4.54. The highest BCUT2D eigenvalue weighted by Crippen LogP contribution is 2.29. The zero-order chi connectivity index (χ0) is 41.0. The van der Waals surface area contributed by atoms with Crippen LogP contribution in [0.5, 0.6) is 5.75 Å². The van der Waals surface area contributed by atoms with E-state index in [1.807, 2.05) is 0 Å². The number of amides is 3. The Morgan fingerprint density at radius 2 is 1.66 bits per heavy atom. The summed E-state index contributed by atoms with van der Waals surface area (Å²) in [6.45, 7) is 6.59. The Morgan fingerprint density at radius 3 is 2.34 bits per heavy atom. The first-order valence-corrected chi connectivity index (χ1v) is 20.0. The van der Waals surface area contributed by atoms with Crippen LogP contribution in [0.15, 0.2) is 28.7 Å². The number of nitrogens with zero attached hydrogens (tertiary/aromatic N) is 3. The summed E-state index contributed by atoms with van der Waals surface area (Å²) in [6, 6.07) is 4.21. The molecule has 0 radical (unpaired) electrons. The lowest BCUT2D eigenvalue weighted by Crippen LogP contribution is -2.50. The van der Waals surface area contributed by atoms with Gasteiger partial charge in [0.2, 0.25) is 11.8 Å². The third-order valence-electron chi connectivity index (χ3n) is 9.87. The van der Waals surface area contributed by atoms with Crippen molar-refractivity contribution in [1.29, 1.82) is 0 Å². The van der Waals surface area contributed by atoms with E-state index < -0.39 is 53.8 Å². The minimum atomic E-state index is -1.22. The first kappa shape index (κ1) is 45.8. The van der Waals surface area contributed by atoms with E-state index >= 15 is 0 Å². The van der Waals surface area contributed by atoms with Crippen LogP contribution in [0.1, 0.15) is 140 Å². The highest BCUT2D eigenvalue weighted by atomic mass is 16.9. The molecule has 5 N–H and O–H groups in total. The monoisotopic (exact) mass is 787 g/mol. The third kappa shape index (κ3) is 15.2. The average Bonchev–Trinajstić information content (AvgIpc) is 3.48. The van der Waals surface area contributed by atoms with Gasteiger partial charge in [-0.2, -0.15) is 0 Å². The smallest absolute Gasteiger partial charge is 0.328 e. The number of oxazole rings is 1. The van der Waals surface area contributed by atoms with Crippen LogP contribution in [0.3, 0.4) is 0 Å². The fourth-order valence-electron chi connectivity index (χ4n) is 6.57. The van der Waals surface area contributed by atoms with Crippen molar-refractivity contribution in [2.24, 2.45) is 5.92 Å². The lowest BCUT2D eigenvalue weighted by molar-refractivity contribution is -0.316. The molecule has 56 heavy (non-hydrogen) atoms. The second-order valence-electron chi connectivity index (χ2n) is 14.5.